The van der Waals surface area contributed by atoms with Gasteiger partial charge < -0.3 is 38.6 Å². The van der Waals surface area contributed by atoms with Gasteiger partial charge in [0.25, 0.3) is 0 Å². The lowest BCUT2D eigenvalue weighted by Gasteiger charge is -2.36. The summed E-state index contributed by atoms with van der Waals surface area (Å²) < 4.78 is 32.6. The number of ether oxygens (including phenoxy) is 6. The summed E-state index contributed by atoms with van der Waals surface area (Å²) in [6, 6.07) is 9.21. The summed E-state index contributed by atoms with van der Waals surface area (Å²) in [5, 5.41) is 20.8. The SMILES string of the molecule is COCCCOC(=O)C(C)(C)OCC1(COC(C)=O)OC(O)[C@H](O)C1OCc1ccccc1. The van der Waals surface area contributed by atoms with Gasteiger partial charge in [-0.1, -0.05) is 30.3 Å². The van der Waals surface area contributed by atoms with Gasteiger partial charge in [-0.3, -0.25) is 4.79 Å². The number of carbonyl (C=O) groups excluding carboxylic acids is 2. The van der Waals surface area contributed by atoms with E-state index in [1.807, 2.05) is 30.3 Å². The highest BCUT2D eigenvalue weighted by atomic mass is 16.7. The van der Waals surface area contributed by atoms with E-state index in [2.05, 4.69) is 0 Å². The van der Waals surface area contributed by atoms with Gasteiger partial charge in [0.2, 0.25) is 0 Å². The number of carbonyl (C=O) groups is 2. The Hall–Kier alpha value is -2.08. The van der Waals surface area contributed by atoms with Gasteiger partial charge in [-0.05, 0) is 19.4 Å². The molecule has 1 fully saturated rings. The fraction of sp³-hybridized carbons (Fsp3) is 0.652. The normalized spacial score (nSPS) is 25.1. The fourth-order valence-corrected chi connectivity index (χ4v) is 3.25. The average molecular weight is 471 g/mol. The molecule has 2 N–H and O–H groups in total. The maximum Gasteiger partial charge on any atom is 0.337 e. The molecule has 0 saturated carbocycles. The summed E-state index contributed by atoms with van der Waals surface area (Å²) in [6.45, 7) is 4.28. The first-order chi connectivity index (χ1) is 15.6. The molecule has 1 aliphatic heterocycles. The fourth-order valence-electron chi connectivity index (χ4n) is 3.25. The largest absolute Gasteiger partial charge is 0.463 e. The van der Waals surface area contributed by atoms with E-state index in [9.17, 15) is 19.8 Å². The Bertz CT molecular complexity index is 753. The molecule has 10 nitrogen and oxygen atoms in total. The summed E-state index contributed by atoms with van der Waals surface area (Å²) in [6.07, 6.45) is -3.61. The first kappa shape index (κ1) is 27.2. The van der Waals surface area contributed by atoms with E-state index in [0.717, 1.165) is 5.56 Å². The smallest absolute Gasteiger partial charge is 0.337 e. The van der Waals surface area contributed by atoms with E-state index in [-0.39, 0.29) is 26.4 Å². The molecule has 0 spiro atoms. The Kier molecular flexibility index (Phi) is 10.2. The Balaban J connectivity index is 2.14. The lowest BCUT2D eigenvalue weighted by atomic mass is 9.96. The zero-order chi connectivity index (χ0) is 24.5. The molecule has 186 valence electrons. The van der Waals surface area contributed by atoms with Crippen molar-refractivity contribution in [2.45, 2.75) is 63.5 Å². The van der Waals surface area contributed by atoms with E-state index < -0.39 is 41.6 Å². The summed E-state index contributed by atoms with van der Waals surface area (Å²) in [7, 11) is 1.55. The Morgan fingerprint density at radius 3 is 2.42 bits per heavy atom. The average Bonchev–Trinajstić information content (AvgIpc) is 3.03. The van der Waals surface area contributed by atoms with Gasteiger partial charge in [0, 0.05) is 27.1 Å². The third kappa shape index (κ3) is 7.73. The van der Waals surface area contributed by atoms with Crippen molar-refractivity contribution in [1.29, 1.82) is 0 Å². The Labute approximate surface area is 193 Å². The van der Waals surface area contributed by atoms with Crippen molar-refractivity contribution in [3.8, 4) is 0 Å². The number of hydrogen-bond donors (Lipinski definition) is 2. The third-order valence-electron chi connectivity index (χ3n) is 5.16. The highest BCUT2D eigenvalue weighted by molar-refractivity contribution is 5.78. The number of hydrogen-bond acceptors (Lipinski definition) is 10. The number of aliphatic hydroxyl groups is 2. The highest BCUT2D eigenvalue weighted by Crippen LogP contribution is 2.35. The predicted molar refractivity (Wildman–Crippen MR) is 115 cm³/mol. The minimum absolute atomic E-state index is 0.103. The molecule has 1 aromatic carbocycles. The monoisotopic (exact) mass is 470 g/mol. The van der Waals surface area contributed by atoms with Crippen molar-refractivity contribution in [1.82, 2.24) is 0 Å². The maximum atomic E-state index is 12.5. The molecule has 2 rings (SSSR count). The third-order valence-corrected chi connectivity index (χ3v) is 5.16. The van der Waals surface area contributed by atoms with Gasteiger partial charge in [0.15, 0.2) is 17.5 Å². The molecule has 0 amide bonds. The van der Waals surface area contributed by atoms with Crippen LogP contribution in [0, 0.1) is 0 Å². The lowest BCUT2D eigenvalue weighted by molar-refractivity contribution is -0.222. The Morgan fingerprint density at radius 1 is 1.09 bits per heavy atom. The van der Waals surface area contributed by atoms with Crippen LogP contribution in [-0.2, 0) is 44.6 Å². The van der Waals surface area contributed by atoms with Crippen LogP contribution in [0.4, 0.5) is 0 Å². The molecule has 1 saturated heterocycles. The van der Waals surface area contributed by atoms with Gasteiger partial charge >= 0.3 is 11.9 Å². The summed E-state index contributed by atoms with van der Waals surface area (Å²) in [5.41, 5.74) is -2.12. The predicted octanol–water partition coefficient (Wildman–Crippen LogP) is 0.958. The summed E-state index contributed by atoms with van der Waals surface area (Å²) >= 11 is 0. The first-order valence-electron chi connectivity index (χ1n) is 10.7. The molecule has 0 radical (unpaired) electrons. The zero-order valence-electron chi connectivity index (χ0n) is 19.5. The molecule has 1 aromatic rings. The van der Waals surface area contributed by atoms with Crippen LogP contribution in [0.3, 0.4) is 0 Å². The van der Waals surface area contributed by atoms with Crippen molar-refractivity contribution in [3.63, 3.8) is 0 Å². The van der Waals surface area contributed by atoms with Crippen molar-refractivity contribution in [2.24, 2.45) is 0 Å². The van der Waals surface area contributed by atoms with Gasteiger partial charge in [0.05, 0.1) is 19.8 Å². The van der Waals surface area contributed by atoms with Crippen molar-refractivity contribution in [3.05, 3.63) is 35.9 Å². The standard InChI is InChI=1S/C23H34O10/c1-16(24)31-14-23(15-32-22(2,3)21(27)29-12-8-11-28-4)19(18(25)20(26)33-23)30-13-17-9-6-5-7-10-17/h5-7,9-10,18-20,25-26H,8,11-15H2,1-4H3/t18-,19?,20?,23?/m1/s1. The molecule has 33 heavy (non-hydrogen) atoms. The van der Waals surface area contributed by atoms with Crippen LogP contribution in [0.5, 0.6) is 0 Å². The molecule has 4 atom stereocenters. The van der Waals surface area contributed by atoms with Crippen LogP contribution >= 0.6 is 0 Å². The second-order valence-corrected chi connectivity index (χ2v) is 8.34. The number of rotatable bonds is 13. The van der Waals surface area contributed by atoms with Gasteiger partial charge in [-0.25, -0.2) is 4.79 Å². The molecule has 1 heterocycles. The topological polar surface area (TPSA) is 130 Å². The number of methoxy groups -OCH3 is 1. The van der Waals surface area contributed by atoms with E-state index in [0.29, 0.717) is 13.0 Å². The second kappa shape index (κ2) is 12.4. The summed E-state index contributed by atoms with van der Waals surface area (Å²) in [5.74, 6) is -1.20. The molecule has 10 heteroatoms. The zero-order valence-corrected chi connectivity index (χ0v) is 19.5. The van der Waals surface area contributed by atoms with E-state index in [1.165, 1.54) is 20.8 Å². The lowest BCUT2D eigenvalue weighted by Crippen LogP contribution is -2.54. The molecule has 1 aliphatic rings. The van der Waals surface area contributed by atoms with Crippen molar-refractivity contribution in [2.75, 3.05) is 33.5 Å². The quantitative estimate of drug-likeness (QED) is 0.317. The van der Waals surface area contributed by atoms with Gasteiger partial charge in [0.1, 0.15) is 18.8 Å². The molecule has 3 unspecified atom stereocenters. The van der Waals surface area contributed by atoms with Crippen molar-refractivity contribution < 1.29 is 48.2 Å². The van der Waals surface area contributed by atoms with E-state index in [4.69, 9.17) is 28.4 Å². The molecule has 0 aliphatic carbocycles. The molecule has 0 bridgehead atoms. The number of aliphatic hydroxyl groups excluding tert-OH is 2. The van der Waals surface area contributed by atoms with Crippen LogP contribution in [0.25, 0.3) is 0 Å². The van der Waals surface area contributed by atoms with E-state index in [1.54, 1.807) is 7.11 Å². The van der Waals surface area contributed by atoms with Crippen LogP contribution in [0.15, 0.2) is 30.3 Å². The maximum absolute atomic E-state index is 12.5. The molecular weight excluding hydrogens is 436 g/mol. The molecule has 0 aromatic heterocycles. The van der Waals surface area contributed by atoms with Crippen LogP contribution in [0.1, 0.15) is 32.8 Å². The molecular formula is C23H34O10. The number of benzene rings is 1. The van der Waals surface area contributed by atoms with Crippen LogP contribution in [-0.4, -0.2) is 85.4 Å². The minimum atomic E-state index is -1.60. The number of esters is 2. The summed E-state index contributed by atoms with van der Waals surface area (Å²) in [4.78, 5) is 24.0. The van der Waals surface area contributed by atoms with E-state index >= 15 is 0 Å². The van der Waals surface area contributed by atoms with Crippen LogP contribution < -0.4 is 0 Å². The first-order valence-corrected chi connectivity index (χ1v) is 10.7. The van der Waals surface area contributed by atoms with Gasteiger partial charge in [-0.15, -0.1) is 0 Å². The van der Waals surface area contributed by atoms with Gasteiger partial charge in [-0.2, -0.15) is 0 Å². The minimum Gasteiger partial charge on any atom is -0.463 e. The highest BCUT2D eigenvalue weighted by Gasteiger charge is 2.57. The van der Waals surface area contributed by atoms with Crippen molar-refractivity contribution >= 4 is 11.9 Å². The van der Waals surface area contributed by atoms with Crippen LogP contribution in [0.2, 0.25) is 0 Å². The Morgan fingerprint density at radius 2 is 1.79 bits per heavy atom. The second-order valence-electron chi connectivity index (χ2n) is 8.34.